The molecule has 0 bridgehead atoms. The van der Waals surface area contributed by atoms with Crippen molar-refractivity contribution >= 4 is 17.6 Å². The molecular weight excluding hydrogens is 346 g/mol. The molecule has 1 fully saturated rings. The quantitative estimate of drug-likeness (QED) is 0.816. The summed E-state index contributed by atoms with van der Waals surface area (Å²) in [5, 5.41) is 6.44. The Bertz CT molecular complexity index is 839. The second kappa shape index (κ2) is 7.52. The van der Waals surface area contributed by atoms with Crippen molar-refractivity contribution < 1.29 is 18.8 Å². The number of aromatic nitrogens is 1. The van der Waals surface area contributed by atoms with Gasteiger partial charge in [-0.25, -0.2) is 4.79 Å². The number of ether oxygens (including phenoxy) is 1. The molecule has 0 aliphatic carbocycles. The molecule has 0 atom stereocenters. The lowest BCUT2D eigenvalue weighted by molar-refractivity contribution is -0.121. The second-order valence-corrected chi connectivity index (χ2v) is 7.22. The molecular formula is C20H23N3O4. The van der Waals surface area contributed by atoms with E-state index in [2.05, 4.69) is 22.3 Å². The monoisotopic (exact) mass is 369 g/mol. The maximum Gasteiger partial charge on any atom is 0.338 e. The first-order valence-electron chi connectivity index (χ1n) is 9.33. The van der Waals surface area contributed by atoms with Crippen LogP contribution in [0.5, 0.6) is 0 Å². The fourth-order valence-electron chi connectivity index (χ4n) is 3.88. The molecule has 2 aliphatic heterocycles. The van der Waals surface area contributed by atoms with Crippen molar-refractivity contribution in [1.29, 1.82) is 0 Å². The van der Waals surface area contributed by atoms with Crippen LogP contribution in [0.25, 0.3) is 0 Å². The van der Waals surface area contributed by atoms with Crippen molar-refractivity contribution in [2.45, 2.75) is 32.8 Å². The summed E-state index contributed by atoms with van der Waals surface area (Å²) in [4.78, 5) is 26.3. The van der Waals surface area contributed by atoms with Gasteiger partial charge in [0.2, 0.25) is 5.91 Å². The van der Waals surface area contributed by atoms with Crippen molar-refractivity contribution in [1.82, 2.24) is 10.1 Å². The van der Waals surface area contributed by atoms with Gasteiger partial charge in [0.25, 0.3) is 0 Å². The Labute approximate surface area is 157 Å². The molecule has 0 spiro atoms. The van der Waals surface area contributed by atoms with E-state index in [1.165, 1.54) is 23.6 Å². The molecule has 27 heavy (non-hydrogen) atoms. The van der Waals surface area contributed by atoms with Crippen LogP contribution in [0.4, 0.5) is 5.69 Å². The normalized spacial score (nSPS) is 17.6. The van der Waals surface area contributed by atoms with E-state index in [1.807, 2.05) is 12.1 Å². The van der Waals surface area contributed by atoms with Crippen molar-refractivity contribution in [2.24, 2.45) is 5.92 Å². The first-order chi connectivity index (χ1) is 13.1. The molecule has 1 saturated heterocycles. The minimum absolute atomic E-state index is 0.0287. The number of fused-ring (bicyclic) bond motifs is 1. The molecule has 2 aliphatic rings. The molecule has 3 heterocycles. The largest absolute Gasteiger partial charge is 0.457 e. The lowest BCUT2D eigenvalue weighted by Crippen LogP contribution is -2.39. The first-order valence-corrected chi connectivity index (χ1v) is 9.33. The second-order valence-electron chi connectivity index (χ2n) is 7.22. The Kier molecular flexibility index (Phi) is 4.94. The Hall–Kier alpha value is -2.67. The van der Waals surface area contributed by atoms with Gasteiger partial charge in [0.05, 0.1) is 11.8 Å². The average molecular weight is 369 g/mol. The highest BCUT2D eigenvalue weighted by molar-refractivity contribution is 5.94. The number of carbonyl (C=O) groups is 2. The number of hydrogen-bond donors (Lipinski definition) is 1. The lowest BCUT2D eigenvalue weighted by Gasteiger charge is -2.31. The number of amides is 1. The molecule has 1 aromatic heterocycles. The summed E-state index contributed by atoms with van der Waals surface area (Å²) in [6.45, 7) is 5.23. The van der Waals surface area contributed by atoms with Gasteiger partial charge in [0, 0.05) is 18.0 Å². The summed E-state index contributed by atoms with van der Waals surface area (Å²) >= 11 is 0. The van der Waals surface area contributed by atoms with Gasteiger partial charge in [-0.1, -0.05) is 11.2 Å². The molecule has 1 amide bonds. The summed E-state index contributed by atoms with van der Waals surface area (Å²) in [7, 11) is 0. The third kappa shape index (κ3) is 3.73. The predicted octanol–water partition coefficient (Wildman–Crippen LogP) is 2.55. The number of hydrogen-bond acceptors (Lipinski definition) is 6. The number of rotatable bonds is 5. The number of anilines is 1. The van der Waals surface area contributed by atoms with Crippen LogP contribution >= 0.6 is 0 Å². The van der Waals surface area contributed by atoms with E-state index in [0.717, 1.165) is 44.5 Å². The Morgan fingerprint density at radius 2 is 2.15 bits per heavy atom. The number of nitrogens with one attached hydrogen (secondary N) is 1. The number of nitrogens with zero attached hydrogens (tertiary/aromatic N) is 2. The summed E-state index contributed by atoms with van der Waals surface area (Å²) in [5.74, 6) is -0.149. The highest BCUT2D eigenvalue weighted by Crippen LogP contribution is 2.26. The Balaban J connectivity index is 1.28. The van der Waals surface area contributed by atoms with Crippen LogP contribution in [0.3, 0.4) is 0 Å². The molecule has 7 nitrogen and oxygen atoms in total. The van der Waals surface area contributed by atoms with Crippen molar-refractivity contribution in [2.75, 3.05) is 25.0 Å². The van der Waals surface area contributed by atoms with Gasteiger partial charge < -0.3 is 19.5 Å². The molecule has 1 aromatic carbocycles. The highest BCUT2D eigenvalue weighted by atomic mass is 16.5. The summed E-state index contributed by atoms with van der Waals surface area (Å²) in [5.41, 5.74) is 4.77. The zero-order valence-corrected chi connectivity index (χ0v) is 15.4. The number of esters is 1. The summed E-state index contributed by atoms with van der Waals surface area (Å²) < 4.78 is 9.87. The van der Waals surface area contributed by atoms with E-state index in [1.54, 1.807) is 0 Å². The van der Waals surface area contributed by atoms with E-state index in [9.17, 15) is 9.59 Å². The van der Waals surface area contributed by atoms with Crippen LogP contribution in [-0.2, 0) is 22.6 Å². The summed E-state index contributed by atoms with van der Waals surface area (Å²) in [6, 6.07) is 3.92. The van der Waals surface area contributed by atoms with Gasteiger partial charge in [0.1, 0.15) is 18.6 Å². The molecule has 0 saturated carbocycles. The van der Waals surface area contributed by atoms with E-state index < -0.39 is 0 Å². The van der Waals surface area contributed by atoms with Gasteiger partial charge in [-0.3, -0.25) is 4.79 Å². The molecule has 142 valence electrons. The fraction of sp³-hybridized carbons (Fsp3) is 0.450. The van der Waals surface area contributed by atoms with Crippen LogP contribution in [0.1, 0.15) is 39.9 Å². The zero-order chi connectivity index (χ0) is 18.8. The molecule has 0 unspecified atom stereocenters. The van der Waals surface area contributed by atoms with Gasteiger partial charge >= 0.3 is 5.97 Å². The van der Waals surface area contributed by atoms with Crippen LogP contribution in [0.15, 0.2) is 29.1 Å². The fourth-order valence-corrected chi connectivity index (χ4v) is 3.88. The molecule has 1 N–H and O–H groups in total. The van der Waals surface area contributed by atoms with Gasteiger partial charge in [-0.2, -0.15) is 0 Å². The number of piperidine rings is 1. The maximum absolute atomic E-state index is 12.3. The van der Waals surface area contributed by atoms with Crippen LogP contribution in [0, 0.1) is 12.8 Å². The van der Waals surface area contributed by atoms with Crippen LogP contribution in [0.2, 0.25) is 0 Å². The third-order valence-electron chi connectivity index (χ3n) is 5.63. The van der Waals surface area contributed by atoms with Crippen LogP contribution < -0.4 is 5.32 Å². The topological polar surface area (TPSA) is 84.7 Å². The number of likely N-dealkylation sites (tertiary alicyclic amines) is 1. The zero-order valence-electron chi connectivity index (χ0n) is 15.4. The number of benzene rings is 1. The number of carbonyl (C=O) groups excluding carboxylic acids is 2. The maximum atomic E-state index is 12.3. The minimum atomic E-state index is -0.216. The van der Waals surface area contributed by atoms with Crippen molar-refractivity contribution in [3.8, 4) is 0 Å². The lowest BCUT2D eigenvalue weighted by atomic mass is 9.94. The average Bonchev–Trinajstić information content (AvgIpc) is 3.32. The Morgan fingerprint density at radius 3 is 2.89 bits per heavy atom. The van der Waals surface area contributed by atoms with E-state index in [0.29, 0.717) is 17.9 Å². The van der Waals surface area contributed by atoms with E-state index >= 15 is 0 Å². The number of cyclic esters (lactones) is 1. The van der Waals surface area contributed by atoms with Gasteiger partial charge in [-0.05, 0) is 56.5 Å². The molecule has 4 rings (SSSR count). The first kappa shape index (κ1) is 17.7. The third-order valence-corrected chi connectivity index (χ3v) is 5.63. The van der Waals surface area contributed by atoms with E-state index in [4.69, 9.17) is 9.26 Å². The smallest absolute Gasteiger partial charge is 0.338 e. The van der Waals surface area contributed by atoms with Gasteiger partial charge in [-0.15, -0.1) is 0 Å². The van der Waals surface area contributed by atoms with Crippen LogP contribution in [-0.4, -0.2) is 41.6 Å². The molecule has 0 radical (unpaired) electrons. The highest BCUT2D eigenvalue weighted by Gasteiger charge is 2.26. The Morgan fingerprint density at radius 1 is 1.33 bits per heavy atom. The van der Waals surface area contributed by atoms with Crippen molar-refractivity contribution in [3.05, 3.63) is 46.8 Å². The standard InChI is InChI=1S/C20H23N3O4/c1-13-14(2-3-17-18(13)12-26-20(17)25)4-7-23-8-5-15(6-9-23)19(24)22-16-10-21-27-11-16/h2-3,10-11,15H,4-9,12H2,1H3,(H,22,24). The molecule has 7 heteroatoms. The molecule has 2 aromatic rings. The van der Waals surface area contributed by atoms with E-state index in [-0.39, 0.29) is 17.8 Å². The predicted molar refractivity (Wildman–Crippen MR) is 98.3 cm³/mol. The minimum Gasteiger partial charge on any atom is -0.457 e. The SMILES string of the molecule is Cc1c(CCN2CCC(C(=O)Nc3cnoc3)CC2)ccc2c1COC2=O. The summed E-state index contributed by atoms with van der Waals surface area (Å²) in [6.07, 6.45) is 5.57. The van der Waals surface area contributed by atoms with Crippen molar-refractivity contribution in [3.63, 3.8) is 0 Å². The van der Waals surface area contributed by atoms with Gasteiger partial charge in [0.15, 0.2) is 0 Å².